The lowest BCUT2D eigenvalue weighted by Gasteiger charge is -2.42. The third-order valence-corrected chi connectivity index (χ3v) is 3.39. The van der Waals surface area contributed by atoms with Gasteiger partial charge in [0.05, 0.1) is 17.8 Å². The van der Waals surface area contributed by atoms with Gasteiger partial charge in [-0.3, -0.25) is 4.90 Å². The lowest BCUT2D eigenvalue weighted by molar-refractivity contribution is -0.134. The van der Waals surface area contributed by atoms with Crippen molar-refractivity contribution in [2.24, 2.45) is 0 Å². The first-order valence-electron chi connectivity index (χ1n) is 6.80. The van der Waals surface area contributed by atoms with Crippen molar-refractivity contribution in [3.63, 3.8) is 0 Å². The Morgan fingerprint density at radius 3 is 2.80 bits per heavy atom. The van der Waals surface area contributed by atoms with Gasteiger partial charge in [0.2, 0.25) is 0 Å². The van der Waals surface area contributed by atoms with Crippen molar-refractivity contribution >= 4 is 0 Å². The van der Waals surface area contributed by atoms with Crippen LogP contribution in [-0.2, 0) is 4.74 Å². The maximum absolute atomic E-state index is 13.6. The molecule has 0 bridgehead atoms. The molecule has 0 amide bonds. The Morgan fingerprint density at radius 2 is 2.15 bits per heavy atom. The van der Waals surface area contributed by atoms with Gasteiger partial charge >= 0.3 is 0 Å². The van der Waals surface area contributed by atoms with Crippen LogP contribution >= 0.6 is 0 Å². The Morgan fingerprint density at radius 1 is 1.45 bits per heavy atom. The molecule has 1 N–H and O–H groups in total. The first-order chi connectivity index (χ1) is 9.27. The molecular weight excluding hydrogens is 264 g/mol. The Balaban J connectivity index is 2.07. The Bertz CT molecular complexity index is 479. The molecular formula is C15H21F2NO2. The molecule has 1 fully saturated rings. The van der Waals surface area contributed by atoms with Crippen LogP contribution in [0.2, 0.25) is 0 Å². The van der Waals surface area contributed by atoms with Crippen LogP contribution < -0.4 is 0 Å². The van der Waals surface area contributed by atoms with Crippen LogP contribution in [0.25, 0.3) is 0 Å². The normalized spacial score (nSPS) is 24.6. The first kappa shape index (κ1) is 15.4. The summed E-state index contributed by atoms with van der Waals surface area (Å²) < 4.78 is 32.6. The zero-order valence-electron chi connectivity index (χ0n) is 12.1. The molecule has 2 unspecified atom stereocenters. The highest BCUT2D eigenvalue weighted by molar-refractivity contribution is 5.21. The van der Waals surface area contributed by atoms with Crippen molar-refractivity contribution in [1.29, 1.82) is 0 Å². The number of morpholine rings is 1. The van der Waals surface area contributed by atoms with Gasteiger partial charge in [0.25, 0.3) is 0 Å². The minimum Gasteiger partial charge on any atom is -0.387 e. The van der Waals surface area contributed by atoms with Gasteiger partial charge in [0, 0.05) is 25.2 Å². The van der Waals surface area contributed by atoms with E-state index in [1.54, 1.807) is 0 Å². The van der Waals surface area contributed by atoms with E-state index in [9.17, 15) is 13.9 Å². The van der Waals surface area contributed by atoms with Crippen LogP contribution in [-0.4, -0.2) is 41.3 Å². The van der Waals surface area contributed by atoms with Crippen molar-refractivity contribution in [1.82, 2.24) is 4.90 Å². The van der Waals surface area contributed by atoms with Crippen molar-refractivity contribution < 1.29 is 18.6 Å². The third-order valence-electron chi connectivity index (χ3n) is 3.39. The number of hydrogen-bond acceptors (Lipinski definition) is 3. The molecule has 112 valence electrons. The minimum absolute atomic E-state index is 0.00181. The fourth-order valence-electron chi connectivity index (χ4n) is 2.84. The van der Waals surface area contributed by atoms with Gasteiger partial charge in [0.1, 0.15) is 11.6 Å². The molecule has 1 saturated heterocycles. The Kier molecular flexibility index (Phi) is 4.42. The Hall–Kier alpha value is -1.04. The number of rotatable bonds is 3. The first-order valence-corrected chi connectivity index (χ1v) is 6.80. The molecule has 1 aliphatic rings. The SMILES string of the molecule is CC1CN(CC(O)c2cc(F)ccc2F)CC(C)(C)O1. The van der Waals surface area contributed by atoms with Crippen molar-refractivity contribution in [2.45, 2.75) is 38.6 Å². The average Bonchev–Trinajstić information content (AvgIpc) is 2.29. The smallest absolute Gasteiger partial charge is 0.129 e. The molecule has 2 rings (SSSR count). The second kappa shape index (κ2) is 5.76. The summed E-state index contributed by atoms with van der Waals surface area (Å²) >= 11 is 0. The highest BCUT2D eigenvalue weighted by Crippen LogP contribution is 2.24. The van der Waals surface area contributed by atoms with Gasteiger partial charge < -0.3 is 9.84 Å². The summed E-state index contributed by atoms with van der Waals surface area (Å²) in [5.74, 6) is -1.13. The van der Waals surface area contributed by atoms with Gasteiger partial charge in [-0.1, -0.05) is 0 Å². The summed E-state index contributed by atoms with van der Waals surface area (Å²) in [5.41, 5.74) is -0.306. The largest absolute Gasteiger partial charge is 0.387 e. The fourth-order valence-corrected chi connectivity index (χ4v) is 2.84. The summed E-state index contributed by atoms with van der Waals surface area (Å²) in [6, 6.07) is 3.14. The van der Waals surface area contributed by atoms with E-state index in [2.05, 4.69) is 0 Å². The van der Waals surface area contributed by atoms with E-state index in [1.165, 1.54) is 0 Å². The molecule has 1 aromatic carbocycles. The van der Waals surface area contributed by atoms with Gasteiger partial charge in [-0.15, -0.1) is 0 Å². The number of aliphatic hydroxyl groups excluding tert-OH is 1. The van der Waals surface area contributed by atoms with Gasteiger partial charge in [-0.05, 0) is 39.0 Å². The molecule has 0 aromatic heterocycles. The van der Waals surface area contributed by atoms with Crippen molar-refractivity contribution in [2.75, 3.05) is 19.6 Å². The molecule has 5 heteroatoms. The summed E-state index contributed by atoms with van der Waals surface area (Å²) in [7, 11) is 0. The molecule has 0 aliphatic carbocycles. The van der Waals surface area contributed by atoms with Gasteiger partial charge in [-0.25, -0.2) is 8.78 Å². The lowest BCUT2D eigenvalue weighted by atomic mass is 10.0. The molecule has 3 nitrogen and oxygen atoms in total. The molecule has 0 radical (unpaired) electrons. The van der Waals surface area contributed by atoms with E-state index in [0.717, 1.165) is 18.2 Å². The minimum atomic E-state index is -1.05. The number of benzene rings is 1. The van der Waals surface area contributed by atoms with Crippen LogP contribution in [0.3, 0.4) is 0 Å². The third kappa shape index (κ3) is 3.75. The van der Waals surface area contributed by atoms with Crippen LogP contribution in [0.15, 0.2) is 18.2 Å². The topological polar surface area (TPSA) is 32.7 Å². The standard InChI is InChI=1S/C15H21F2NO2/c1-10-7-18(9-15(2,3)20-10)8-14(19)12-6-11(16)4-5-13(12)17/h4-6,10,14,19H,7-9H2,1-3H3. The Labute approximate surface area is 118 Å². The van der Waals surface area contributed by atoms with Crippen LogP contribution in [0.4, 0.5) is 8.78 Å². The highest BCUT2D eigenvalue weighted by Gasteiger charge is 2.32. The number of nitrogens with zero attached hydrogens (tertiary/aromatic N) is 1. The molecule has 2 atom stereocenters. The summed E-state index contributed by atoms with van der Waals surface area (Å²) in [6.45, 7) is 7.49. The van der Waals surface area contributed by atoms with E-state index in [-0.39, 0.29) is 23.8 Å². The van der Waals surface area contributed by atoms with E-state index in [0.29, 0.717) is 13.1 Å². The highest BCUT2D eigenvalue weighted by atomic mass is 19.1. The van der Waals surface area contributed by atoms with Crippen LogP contribution in [0.1, 0.15) is 32.4 Å². The summed E-state index contributed by atoms with van der Waals surface area (Å²) in [4.78, 5) is 2.02. The zero-order valence-corrected chi connectivity index (χ0v) is 12.1. The summed E-state index contributed by atoms with van der Waals surface area (Å²) in [6.07, 6.45) is -1.00. The maximum Gasteiger partial charge on any atom is 0.129 e. The number of hydrogen-bond donors (Lipinski definition) is 1. The van der Waals surface area contributed by atoms with Gasteiger partial charge in [-0.2, -0.15) is 0 Å². The lowest BCUT2D eigenvalue weighted by Crippen LogP contribution is -2.52. The summed E-state index contributed by atoms with van der Waals surface area (Å²) in [5, 5.41) is 10.1. The second-order valence-electron chi connectivity index (χ2n) is 6.06. The monoisotopic (exact) mass is 285 g/mol. The molecule has 1 heterocycles. The van der Waals surface area contributed by atoms with E-state index < -0.39 is 17.7 Å². The van der Waals surface area contributed by atoms with Crippen molar-refractivity contribution in [3.8, 4) is 0 Å². The maximum atomic E-state index is 13.6. The molecule has 0 spiro atoms. The van der Waals surface area contributed by atoms with E-state index in [1.807, 2.05) is 25.7 Å². The number of aliphatic hydroxyl groups is 1. The van der Waals surface area contributed by atoms with Crippen LogP contribution in [0, 0.1) is 11.6 Å². The quantitative estimate of drug-likeness (QED) is 0.926. The zero-order chi connectivity index (χ0) is 14.9. The number of ether oxygens (including phenoxy) is 1. The van der Waals surface area contributed by atoms with Gasteiger partial charge in [0.15, 0.2) is 0 Å². The second-order valence-corrected chi connectivity index (χ2v) is 6.06. The fraction of sp³-hybridized carbons (Fsp3) is 0.600. The van der Waals surface area contributed by atoms with E-state index >= 15 is 0 Å². The molecule has 20 heavy (non-hydrogen) atoms. The molecule has 1 aromatic rings. The van der Waals surface area contributed by atoms with E-state index in [4.69, 9.17) is 4.74 Å². The van der Waals surface area contributed by atoms with Crippen molar-refractivity contribution in [3.05, 3.63) is 35.4 Å². The average molecular weight is 285 g/mol. The predicted octanol–water partition coefficient (Wildman–Crippen LogP) is 2.50. The van der Waals surface area contributed by atoms with Crippen LogP contribution in [0.5, 0.6) is 0 Å². The predicted molar refractivity (Wildman–Crippen MR) is 72.4 cm³/mol. The number of β-amino-alcohol motifs (C(OH)–C–C–N with tert-alkyl or cyclic N) is 1. The number of halogens is 2. The molecule has 0 saturated carbocycles. The molecule has 1 aliphatic heterocycles.